The number of hydrogen-bond acceptors (Lipinski definition) is 3. The Bertz CT molecular complexity index is 883. The lowest BCUT2D eigenvalue weighted by Gasteiger charge is -2.34. The van der Waals surface area contributed by atoms with Crippen LogP contribution in [0.1, 0.15) is 29.5 Å². The summed E-state index contributed by atoms with van der Waals surface area (Å²) < 4.78 is 27.2. The Morgan fingerprint density at radius 3 is 2.58 bits per heavy atom. The molecule has 0 amide bonds. The van der Waals surface area contributed by atoms with Crippen LogP contribution in [0.2, 0.25) is 0 Å². The van der Waals surface area contributed by atoms with E-state index < -0.39 is 11.6 Å². The molecule has 3 nitrogen and oxygen atoms in total. The van der Waals surface area contributed by atoms with E-state index in [2.05, 4.69) is 34.3 Å². The van der Waals surface area contributed by atoms with Gasteiger partial charge in [0.25, 0.3) is 0 Å². The molecule has 1 heterocycles. The Balaban J connectivity index is 1.39. The molecule has 0 spiro atoms. The van der Waals surface area contributed by atoms with E-state index in [-0.39, 0.29) is 11.5 Å². The zero-order chi connectivity index (χ0) is 18.1. The fourth-order valence-corrected chi connectivity index (χ4v) is 3.89. The van der Waals surface area contributed by atoms with Crippen LogP contribution in [-0.2, 0) is 0 Å². The van der Waals surface area contributed by atoms with Gasteiger partial charge in [0.15, 0.2) is 0 Å². The van der Waals surface area contributed by atoms with Crippen LogP contribution in [0.3, 0.4) is 0 Å². The van der Waals surface area contributed by atoms with Gasteiger partial charge in [0, 0.05) is 24.1 Å². The van der Waals surface area contributed by atoms with E-state index in [1.54, 1.807) is 0 Å². The maximum absolute atomic E-state index is 14.0. The second kappa shape index (κ2) is 7.00. The van der Waals surface area contributed by atoms with E-state index in [0.717, 1.165) is 38.5 Å². The van der Waals surface area contributed by atoms with Crippen molar-refractivity contribution in [2.45, 2.75) is 12.8 Å². The van der Waals surface area contributed by atoms with Crippen molar-refractivity contribution < 1.29 is 14.0 Å². The molecule has 4 rings (SSSR count). The Morgan fingerprint density at radius 1 is 1.12 bits per heavy atom. The maximum Gasteiger partial charge on any atom is 0.135 e. The predicted molar refractivity (Wildman–Crippen MR) is 98.2 cm³/mol. The number of piperidine rings is 1. The number of nitrogens with zero attached hydrogens (tertiary/aromatic N) is 2. The third-order valence-corrected chi connectivity index (χ3v) is 5.32. The van der Waals surface area contributed by atoms with E-state index in [1.807, 2.05) is 6.07 Å². The molecule has 0 bridgehead atoms. The predicted octanol–water partition coefficient (Wildman–Crippen LogP) is 4.41. The summed E-state index contributed by atoms with van der Waals surface area (Å²) in [5, 5.41) is 12.7. The number of halogens is 2. The molecule has 2 aliphatic rings. The molecule has 0 radical (unpaired) electrons. The number of oxime groups is 1. The summed E-state index contributed by atoms with van der Waals surface area (Å²) in [5.41, 5.74) is 4.46. The van der Waals surface area contributed by atoms with Gasteiger partial charge in [-0.3, -0.25) is 4.90 Å². The van der Waals surface area contributed by atoms with Gasteiger partial charge in [-0.1, -0.05) is 29.4 Å². The summed E-state index contributed by atoms with van der Waals surface area (Å²) >= 11 is 0. The lowest BCUT2D eigenvalue weighted by molar-refractivity contribution is 0.228. The van der Waals surface area contributed by atoms with Crippen molar-refractivity contribution in [1.82, 2.24) is 4.90 Å². The zero-order valence-electron chi connectivity index (χ0n) is 14.3. The highest BCUT2D eigenvalue weighted by molar-refractivity contribution is 6.02. The van der Waals surface area contributed by atoms with E-state index in [1.165, 1.54) is 28.8 Å². The van der Waals surface area contributed by atoms with Crippen LogP contribution >= 0.6 is 0 Å². The van der Waals surface area contributed by atoms with Crippen molar-refractivity contribution in [3.8, 4) is 0 Å². The zero-order valence-corrected chi connectivity index (χ0v) is 14.3. The third-order valence-electron chi connectivity index (χ3n) is 5.32. The average Bonchev–Trinajstić information content (AvgIpc) is 2.63. The molecule has 5 heteroatoms. The molecule has 1 aliphatic carbocycles. The van der Waals surface area contributed by atoms with Crippen LogP contribution in [-0.4, -0.2) is 35.5 Å². The highest BCUT2D eigenvalue weighted by atomic mass is 19.1. The molecule has 1 saturated heterocycles. The molecule has 2 aromatic carbocycles. The summed E-state index contributed by atoms with van der Waals surface area (Å²) in [4.78, 5) is 2.37. The number of rotatable bonds is 4. The van der Waals surface area contributed by atoms with Crippen molar-refractivity contribution in [2.24, 2.45) is 11.1 Å². The van der Waals surface area contributed by atoms with Crippen LogP contribution in [0, 0.1) is 17.6 Å². The lowest BCUT2D eigenvalue weighted by atomic mass is 9.85. The first kappa shape index (κ1) is 16.9. The Kier molecular flexibility index (Phi) is 4.55. The molecule has 0 aromatic heterocycles. The number of likely N-dealkylation sites (tertiary alicyclic amines) is 1. The van der Waals surface area contributed by atoms with Gasteiger partial charge >= 0.3 is 0 Å². The molecule has 2 aromatic rings. The fraction of sp³-hybridized carbons (Fsp3) is 0.286. The van der Waals surface area contributed by atoms with Gasteiger partial charge in [0.2, 0.25) is 0 Å². The number of hydrogen-bond donors (Lipinski definition) is 1. The summed E-state index contributed by atoms with van der Waals surface area (Å²) in [7, 11) is 0. The minimum atomic E-state index is -0.684. The quantitative estimate of drug-likeness (QED) is 0.502. The van der Waals surface area contributed by atoms with Crippen molar-refractivity contribution >= 4 is 17.4 Å². The minimum absolute atomic E-state index is 0.0288. The molecule has 26 heavy (non-hydrogen) atoms. The second-order valence-electron chi connectivity index (χ2n) is 6.92. The fourth-order valence-electron chi connectivity index (χ4n) is 3.89. The van der Waals surface area contributed by atoms with Crippen LogP contribution in [0.4, 0.5) is 8.78 Å². The van der Waals surface area contributed by atoms with E-state index >= 15 is 0 Å². The Hall–Kier alpha value is -2.53. The van der Waals surface area contributed by atoms with Gasteiger partial charge in [-0.05, 0) is 60.8 Å². The maximum atomic E-state index is 14.0. The highest BCUT2D eigenvalue weighted by Gasteiger charge is 2.28. The highest BCUT2D eigenvalue weighted by Crippen LogP contribution is 2.33. The van der Waals surface area contributed by atoms with Crippen LogP contribution in [0.15, 0.2) is 47.6 Å². The van der Waals surface area contributed by atoms with Crippen LogP contribution in [0.25, 0.3) is 11.6 Å². The molecular weight excluding hydrogens is 334 g/mol. The van der Waals surface area contributed by atoms with Gasteiger partial charge in [-0.15, -0.1) is 0 Å². The molecule has 0 atom stereocenters. The normalized spacial score (nSPS) is 18.2. The molecular formula is C21H20F2N2O. The summed E-state index contributed by atoms with van der Waals surface area (Å²) in [6.45, 7) is 2.61. The first-order valence-electron chi connectivity index (χ1n) is 8.85. The summed E-state index contributed by atoms with van der Waals surface area (Å²) in [5.74, 6) is -1.34. The average molecular weight is 354 g/mol. The van der Waals surface area contributed by atoms with Crippen molar-refractivity contribution in [1.29, 1.82) is 0 Å². The van der Waals surface area contributed by atoms with Crippen molar-refractivity contribution in [2.75, 3.05) is 19.6 Å². The molecule has 134 valence electrons. The van der Waals surface area contributed by atoms with Crippen LogP contribution in [0.5, 0.6) is 0 Å². The third kappa shape index (κ3) is 3.15. The van der Waals surface area contributed by atoms with Crippen LogP contribution < -0.4 is 0 Å². The van der Waals surface area contributed by atoms with E-state index in [0.29, 0.717) is 5.71 Å². The van der Waals surface area contributed by atoms with Gasteiger partial charge in [-0.25, -0.2) is 8.78 Å². The van der Waals surface area contributed by atoms with E-state index in [4.69, 9.17) is 0 Å². The monoisotopic (exact) mass is 354 g/mol. The van der Waals surface area contributed by atoms with Gasteiger partial charge in [0.1, 0.15) is 11.6 Å². The van der Waals surface area contributed by atoms with Crippen molar-refractivity contribution in [3.63, 3.8) is 0 Å². The van der Waals surface area contributed by atoms with Gasteiger partial charge in [-0.2, -0.15) is 0 Å². The summed E-state index contributed by atoms with van der Waals surface area (Å²) in [6, 6.07) is 11.7. The minimum Gasteiger partial charge on any atom is -0.411 e. The smallest absolute Gasteiger partial charge is 0.135 e. The summed E-state index contributed by atoms with van der Waals surface area (Å²) in [6.07, 6.45) is 3.78. The van der Waals surface area contributed by atoms with Gasteiger partial charge in [0.05, 0.1) is 5.71 Å². The second-order valence-corrected chi connectivity index (χ2v) is 6.92. The first-order valence-corrected chi connectivity index (χ1v) is 8.85. The molecule has 0 unspecified atom stereocenters. The number of fused-ring (bicyclic) bond motifs is 1. The standard InChI is InChI=1S/C21H20F2N2O/c22-17-5-6-19(20(23)12-17)21(24-26)14-7-9-25(10-8-14)13-16-11-15-3-1-2-4-18(15)16/h1-6,11-12,14,26H,7-10,13H2. The Morgan fingerprint density at radius 2 is 1.88 bits per heavy atom. The lowest BCUT2D eigenvalue weighted by Crippen LogP contribution is -2.38. The van der Waals surface area contributed by atoms with E-state index in [9.17, 15) is 14.0 Å². The van der Waals surface area contributed by atoms with Crippen molar-refractivity contribution in [3.05, 3.63) is 70.8 Å². The number of benzene rings is 2. The topological polar surface area (TPSA) is 35.8 Å². The Labute approximate surface area is 151 Å². The van der Waals surface area contributed by atoms with Gasteiger partial charge < -0.3 is 5.21 Å². The molecule has 1 N–H and O–H groups in total. The SMILES string of the molecule is ON=C(c1ccc(F)cc1F)C1CCN(CC2=Cc3ccccc32)CC1. The molecule has 1 fully saturated rings. The largest absolute Gasteiger partial charge is 0.411 e. The molecule has 1 aliphatic heterocycles. The molecule has 0 saturated carbocycles. The first-order chi connectivity index (χ1) is 12.7.